The van der Waals surface area contributed by atoms with Gasteiger partial charge < -0.3 is 24.6 Å². The second-order valence-electron chi connectivity index (χ2n) is 8.30. The van der Waals surface area contributed by atoms with E-state index < -0.39 is 45.5 Å². The van der Waals surface area contributed by atoms with Crippen LogP contribution in [0.5, 0.6) is 0 Å². The van der Waals surface area contributed by atoms with Crippen LogP contribution in [0.3, 0.4) is 0 Å². The number of hydrogen-bond donors (Lipinski definition) is 2. The van der Waals surface area contributed by atoms with Crippen LogP contribution in [0.4, 0.5) is 16.2 Å². The number of aliphatic hydroxyl groups excluding tert-OH is 1. The fraction of sp³-hybridized carbons (Fsp3) is 0.333. The minimum atomic E-state index is -1.94. The number of nitro benzene ring substituents is 2. The summed E-state index contributed by atoms with van der Waals surface area (Å²) in [6, 6.07) is 11.2. The number of thioether (sulfide) groups is 2. The number of thiocarbonyl (C=S) groups is 1. The van der Waals surface area contributed by atoms with Gasteiger partial charge in [-0.1, -0.05) is 36.1 Å². The van der Waals surface area contributed by atoms with Crippen LogP contribution in [0.1, 0.15) is 11.1 Å². The second kappa shape index (κ2) is 15.4. The Kier molecular flexibility index (Phi) is 12.0. The molecule has 1 saturated heterocycles. The Morgan fingerprint density at radius 1 is 1.10 bits per heavy atom. The number of esters is 1. The molecule has 0 bridgehead atoms. The maximum Gasteiger partial charge on any atom is 0.407 e. The molecule has 18 heteroatoms. The lowest BCUT2D eigenvalue weighted by Crippen LogP contribution is -2.68. The van der Waals surface area contributed by atoms with Gasteiger partial charge in [-0.05, 0) is 23.8 Å². The summed E-state index contributed by atoms with van der Waals surface area (Å²) in [5.74, 6) is -1.44. The molecular formula is C24H24N4O11S3. The summed E-state index contributed by atoms with van der Waals surface area (Å²) in [7, 11) is 1.29. The van der Waals surface area contributed by atoms with Gasteiger partial charge in [-0.15, -0.1) is 11.8 Å². The number of hydrogen-bond acceptors (Lipinski definition) is 14. The number of methoxy groups -OCH3 is 1. The Labute approximate surface area is 252 Å². The molecule has 0 radical (unpaired) electrons. The summed E-state index contributed by atoms with van der Waals surface area (Å²) in [5.41, 5.74) is 0.384. The number of para-hydroxylation sites is 1. The molecule has 1 aliphatic heterocycles. The fourth-order valence-electron chi connectivity index (χ4n) is 3.54. The summed E-state index contributed by atoms with van der Waals surface area (Å²) in [6.07, 6.45) is -3.69. The monoisotopic (exact) mass is 640 g/mol. The third kappa shape index (κ3) is 8.58. The van der Waals surface area contributed by atoms with Crippen molar-refractivity contribution in [3.63, 3.8) is 0 Å². The largest absolute Gasteiger partial charge is 0.457 e. The molecule has 2 N–H and O–H groups in total. The first kappa shape index (κ1) is 32.7. The van der Waals surface area contributed by atoms with Crippen molar-refractivity contribution in [2.24, 2.45) is 0 Å². The van der Waals surface area contributed by atoms with Crippen LogP contribution >= 0.6 is 35.7 Å². The molecule has 1 unspecified atom stereocenters. The van der Waals surface area contributed by atoms with E-state index in [0.717, 1.165) is 28.4 Å². The average Bonchev–Trinajstić information content (AvgIpc) is 2.97. The van der Waals surface area contributed by atoms with Gasteiger partial charge in [0.25, 0.3) is 17.3 Å². The number of β-lactam (4-membered cyclic amide) rings is 1. The number of rotatable bonds is 13. The summed E-state index contributed by atoms with van der Waals surface area (Å²) < 4.78 is 15.6. The topological polar surface area (TPSA) is 201 Å². The molecular weight excluding hydrogens is 616 g/mol. The molecule has 1 fully saturated rings. The van der Waals surface area contributed by atoms with Crippen LogP contribution in [0.15, 0.2) is 48.5 Å². The van der Waals surface area contributed by atoms with E-state index in [4.69, 9.17) is 26.4 Å². The van der Waals surface area contributed by atoms with Crippen molar-refractivity contribution in [1.29, 1.82) is 0 Å². The number of ether oxygens (including phenoxy) is 3. The van der Waals surface area contributed by atoms with Crippen LogP contribution in [0, 0.1) is 20.2 Å². The first-order valence-electron chi connectivity index (χ1n) is 11.9. The van der Waals surface area contributed by atoms with Gasteiger partial charge in [-0.25, -0.2) is 9.59 Å². The Morgan fingerprint density at radius 2 is 1.79 bits per heavy atom. The minimum absolute atomic E-state index is 0.136. The molecule has 1 aliphatic rings. The van der Waals surface area contributed by atoms with E-state index in [2.05, 4.69) is 5.32 Å². The Morgan fingerprint density at radius 3 is 2.43 bits per heavy atom. The number of benzene rings is 2. The number of likely N-dealkylation sites (tertiary alicyclic amines) is 1. The van der Waals surface area contributed by atoms with Crippen LogP contribution < -0.4 is 5.32 Å². The van der Waals surface area contributed by atoms with E-state index >= 15 is 0 Å². The molecule has 2 aromatic carbocycles. The zero-order valence-corrected chi connectivity index (χ0v) is 24.2. The van der Waals surface area contributed by atoms with Gasteiger partial charge in [-0.3, -0.25) is 29.9 Å². The summed E-state index contributed by atoms with van der Waals surface area (Å²) in [4.78, 5) is 58.4. The van der Waals surface area contributed by atoms with Gasteiger partial charge in [0.1, 0.15) is 22.1 Å². The number of aliphatic hydroxyl groups is 1. The third-order valence-corrected chi connectivity index (χ3v) is 8.48. The molecule has 0 saturated carbocycles. The highest BCUT2D eigenvalue weighted by Gasteiger charge is 2.53. The maximum absolute atomic E-state index is 12.5. The fourth-order valence-corrected chi connectivity index (χ4v) is 6.15. The van der Waals surface area contributed by atoms with Gasteiger partial charge in [0.05, 0.1) is 15.4 Å². The van der Waals surface area contributed by atoms with E-state index in [1.54, 1.807) is 6.07 Å². The van der Waals surface area contributed by atoms with Gasteiger partial charge in [0.15, 0.2) is 6.10 Å². The number of carbonyl (C=O) groups is 3. The Bertz CT molecular complexity index is 1350. The SMILES string of the molecule is CO[C@H]1C(=O)N(C(O)C(=O)OCc2ccc([N+](=O)[O-])cc2)[C@@H]1SC(=S)SCCNC(=O)OCc1ccccc1[N+](=O)[O-]. The van der Waals surface area contributed by atoms with Crippen molar-refractivity contribution in [2.75, 3.05) is 19.4 Å². The quantitative estimate of drug-likeness (QED) is 0.0808. The summed E-state index contributed by atoms with van der Waals surface area (Å²) >= 11 is 7.49. The molecule has 224 valence electrons. The predicted molar refractivity (Wildman–Crippen MR) is 154 cm³/mol. The lowest BCUT2D eigenvalue weighted by Gasteiger charge is -2.46. The molecule has 3 atom stereocenters. The zero-order valence-electron chi connectivity index (χ0n) is 21.8. The summed E-state index contributed by atoms with van der Waals surface area (Å²) in [5, 5.41) is 34.0. The van der Waals surface area contributed by atoms with Crippen LogP contribution in [-0.2, 0) is 37.0 Å². The lowest BCUT2D eigenvalue weighted by molar-refractivity contribution is -0.385. The highest BCUT2D eigenvalue weighted by Crippen LogP contribution is 2.37. The molecule has 2 amide bonds. The highest BCUT2D eigenvalue weighted by molar-refractivity contribution is 8.47. The number of carbonyl (C=O) groups excluding carboxylic acids is 3. The molecule has 0 aromatic heterocycles. The second-order valence-corrected chi connectivity index (χ2v) is 11.7. The van der Waals surface area contributed by atoms with Crippen molar-refractivity contribution in [3.8, 4) is 0 Å². The number of nitrogens with one attached hydrogen (secondary N) is 1. The molecule has 2 aromatic rings. The first-order valence-corrected chi connectivity index (χ1v) is 14.2. The van der Waals surface area contributed by atoms with E-state index in [-0.39, 0.29) is 36.7 Å². The third-order valence-electron chi connectivity index (χ3n) is 5.64. The van der Waals surface area contributed by atoms with E-state index in [9.17, 15) is 39.7 Å². The van der Waals surface area contributed by atoms with Gasteiger partial charge >= 0.3 is 12.1 Å². The van der Waals surface area contributed by atoms with Crippen LogP contribution in [0.2, 0.25) is 0 Å². The van der Waals surface area contributed by atoms with Crippen molar-refractivity contribution >= 4 is 68.6 Å². The molecule has 0 spiro atoms. The number of nitrogens with zero attached hydrogens (tertiary/aromatic N) is 3. The van der Waals surface area contributed by atoms with Crippen molar-refractivity contribution in [2.45, 2.75) is 30.9 Å². The number of amides is 2. The van der Waals surface area contributed by atoms with Gasteiger partial charge in [0, 0.05) is 37.6 Å². The number of nitro groups is 2. The zero-order chi connectivity index (χ0) is 30.8. The standard InChI is InChI=1S/C24H24N4O11S3/c1-37-18-19(29)26(20(30)22(31)38-12-14-6-8-16(9-7-14)27(33)34)21(18)42-24(40)41-11-10-25-23(32)39-13-15-4-2-3-5-17(15)28(35)36/h2-9,18,20-21,30H,10-13H2,1H3,(H,25,32)/t18-,20?,21+/m0/s1. The minimum Gasteiger partial charge on any atom is -0.457 e. The highest BCUT2D eigenvalue weighted by atomic mass is 32.2. The van der Waals surface area contributed by atoms with Crippen molar-refractivity contribution in [1.82, 2.24) is 10.2 Å². The maximum atomic E-state index is 12.5. The lowest BCUT2D eigenvalue weighted by atomic mass is 10.1. The van der Waals surface area contributed by atoms with E-state index in [1.807, 2.05) is 0 Å². The molecule has 3 rings (SSSR count). The molecule has 15 nitrogen and oxygen atoms in total. The van der Waals surface area contributed by atoms with E-state index in [0.29, 0.717) is 14.8 Å². The molecule has 1 heterocycles. The number of non-ortho nitro benzene ring substituents is 1. The van der Waals surface area contributed by atoms with E-state index in [1.165, 1.54) is 49.6 Å². The Balaban J connectivity index is 1.42. The number of alkyl carbamates (subject to hydrolysis) is 1. The molecule has 0 aliphatic carbocycles. The van der Waals surface area contributed by atoms with Gasteiger partial charge in [-0.2, -0.15) is 0 Å². The van der Waals surface area contributed by atoms with Crippen molar-refractivity contribution in [3.05, 3.63) is 79.9 Å². The first-order chi connectivity index (χ1) is 20.0. The van der Waals surface area contributed by atoms with Crippen LogP contribution in [-0.4, -0.2) is 78.5 Å². The average molecular weight is 641 g/mol. The Hall–Kier alpha value is -3.84. The smallest absolute Gasteiger partial charge is 0.407 e. The molecule has 42 heavy (non-hydrogen) atoms. The van der Waals surface area contributed by atoms with Gasteiger partial charge in [0.2, 0.25) is 6.23 Å². The predicted octanol–water partition coefficient (Wildman–Crippen LogP) is 2.73. The normalized spacial score (nSPS) is 16.6. The van der Waals surface area contributed by atoms with Crippen LogP contribution in [0.25, 0.3) is 0 Å². The summed E-state index contributed by atoms with van der Waals surface area (Å²) in [6.45, 7) is -0.431. The van der Waals surface area contributed by atoms with Crippen molar-refractivity contribution < 1.29 is 43.5 Å².